The third kappa shape index (κ3) is 17.9. The van der Waals surface area contributed by atoms with E-state index in [4.69, 9.17) is 11.2 Å². The first-order chi connectivity index (χ1) is 22.2. The summed E-state index contributed by atoms with van der Waals surface area (Å²) in [5.74, 6) is 75.9. The smallest absolute Gasteiger partial charge is 0.385 e. The Morgan fingerprint density at radius 1 is 0.500 bits per heavy atom. The second-order valence-electron chi connectivity index (χ2n) is 9.51. The van der Waals surface area contributed by atoms with Gasteiger partial charge in [-0.15, -0.1) is 6.42 Å². The Hall–Kier alpha value is -7.61. The molecule has 0 aromatic carbocycles. The molecule has 0 saturated carbocycles. The highest BCUT2D eigenvalue weighted by atomic mass is 16.5. The first kappa shape index (κ1) is 36.4. The van der Waals surface area contributed by atoms with Crippen LogP contribution < -0.4 is 0 Å². The molecule has 0 aromatic heterocycles. The highest BCUT2D eigenvalue weighted by molar-refractivity contribution is 5.89. The second kappa shape index (κ2) is 22.0. The fourth-order valence-electron chi connectivity index (χ4n) is 3.51. The van der Waals surface area contributed by atoms with Crippen LogP contribution in [0.15, 0.2) is 0 Å². The monoisotopic (exact) mass is 583 g/mol. The number of nitrogens with zero attached hydrogens (tertiary/aromatic N) is 1. The summed E-state index contributed by atoms with van der Waals surface area (Å²) in [6.45, 7) is 8.54. The number of piperidine rings is 1. The van der Waals surface area contributed by atoms with Gasteiger partial charge in [0.15, 0.2) is 0 Å². The van der Waals surface area contributed by atoms with Crippen molar-refractivity contribution < 1.29 is 9.53 Å². The number of esters is 1. The van der Waals surface area contributed by atoms with Crippen molar-refractivity contribution in [3.63, 3.8) is 0 Å². The van der Waals surface area contributed by atoms with E-state index < -0.39 is 5.97 Å². The molecule has 3 nitrogen and oxygen atoms in total. The molecular formula is C43H21NO2. The topological polar surface area (TPSA) is 29.5 Å². The summed E-state index contributed by atoms with van der Waals surface area (Å²) in [5, 5.41) is 0. The minimum atomic E-state index is -0.601. The summed E-state index contributed by atoms with van der Waals surface area (Å²) >= 11 is 0. The van der Waals surface area contributed by atoms with Crippen molar-refractivity contribution in [3.05, 3.63) is 0 Å². The fraction of sp³-hybridized carbons (Fsp3) is 0.233. The number of ether oxygens (including phenoxy) is 1. The standard InChI is InChI=1S/C43H21NO2/c1-7-8-9-10-11-12-13-14-15-16-17-18-19-20-21-22-23-24-25-26-27-28-29-30-31-32-33-34-35-36-37-41(45)46-40-38-42(2,3)44(6)43(4,5)39-40/h1,40H,38-39H2,2-6H3. The van der Waals surface area contributed by atoms with Crippen molar-refractivity contribution >= 4 is 5.97 Å². The Balaban J connectivity index is 2.44. The Bertz CT molecular complexity index is 2250. The normalized spacial score (nSPS) is 11.2. The van der Waals surface area contributed by atoms with E-state index in [9.17, 15) is 4.79 Å². The molecule has 1 aliphatic rings. The van der Waals surface area contributed by atoms with E-state index in [-0.39, 0.29) is 17.2 Å². The Kier molecular flexibility index (Phi) is 17.5. The van der Waals surface area contributed by atoms with Gasteiger partial charge in [-0.2, -0.15) is 0 Å². The maximum absolute atomic E-state index is 12.1. The molecule has 0 aliphatic carbocycles. The molecule has 1 fully saturated rings. The van der Waals surface area contributed by atoms with Gasteiger partial charge in [-0.1, -0.05) is 0 Å². The summed E-state index contributed by atoms with van der Waals surface area (Å²) in [4.78, 5) is 14.4. The average Bonchev–Trinajstić information content (AvgIpc) is 3.00. The van der Waals surface area contributed by atoms with Gasteiger partial charge in [-0.3, -0.25) is 4.90 Å². The lowest BCUT2D eigenvalue weighted by Gasteiger charge is -2.53. The molecule has 1 heterocycles. The maximum atomic E-state index is 12.1. The highest BCUT2D eigenvalue weighted by Gasteiger charge is 2.44. The van der Waals surface area contributed by atoms with E-state index in [2.05, 4.69) is 223 Å². The van der Waals surface area contributed by atoms with Crippen LogP contribution in [0.5, 0.6) is 0 Å². The molecular weight excluding hydrogens is 562 g/mol. The van der Waals surface area contributed by atoms with Crippen LogP contribution in [0.2, 0.25) is 0 Å². The summed E-state index contributed by atoms with van der Waals surface area (Å²) < 4.78 is 5.54. The Morgan fingerprint density at radius 3 is 1.00 bits per heavy atom. The van der Waals surface area contributed by atoms with Gasteiger partial charge in [-0.05, 0) is 129 Å². The number of likely N-dealkylation sites (tertiary alicyclic amines) is 1. The van der Waals surface area contributed by atoms with Gasteiger partial charge in [0, 0.05) is 113 Å². The number of terminal acetylenes is 1. The number of carbonyl (C=O) groups excluding carboxylic acids is 1. The number of hydrogen-bond acceptors (Lipinski definition) is 3. The fourth-order valence-corrected chi connectivity index (χ4v) is 3.51. The first-order valence-corrected chi connectivity index (χ1v) is 13.1. The molecule has 0 atom stereocenters. The third-order valence-electron chi connectivity index (χ3n) is 5.53. The number of hydrogen-bond donors (Lipinski definition) is 0. The minimum Gasteiger partial charge on any atom is -0.453 e. The van der Waals surface area contributed by atoms with Gasteiger partial charge in [0.05, 0.1) is 0 Å². The van der Waals surface area contributed by atoms with Crippen molar-refractivity contribution in [2.45, 2.75) is 57.7 Å². The number of carbonyl (C=O) groups is 1. The van der Waals surface area contributed by atoms with E-state index in [0.29, 0.717) is 0 Å². The molecule has 0 N–H and O–H groups in total. The molecule has 1 aliphatic heterocycles. The average molecular weight is 584 g/mol. The molecule has 1 rings (SSSR count). The largest absolute Gasteiger partial charge is 0.453 e. The zero-order valence-electron chi connectivity index (χ0n) is 25.8. The zero-order valence-corrected chi connectivity index (χ0v) is 25.8. The quantitative estimate of drug-likeness (QED) is 0.268. The van der Waals surface area contributed by atoms with Crippen LogP contribution in [0, 0.1) is 190 Å². The lowest BCUT2D eigenvalue weighted by Crippen LogP contribution is -2.60. The molecule has 0 radical (unpaired) electrons. The zero-order chi connectivity index (χ0) is 33.8. The first-order valence-electron chi connectivity index (χ1n) is 13.1. The van der Waals surface area contributed by atoms with Crippen molar-refractivity contribution in [2.24, 2.45) is 0 Å². The Morgan fingerprint density at radius 2 is 0.739 bits per heavy atom. The predicted molar refractivity (Wildman–Crippen MR) is 181 cm³/mol. The lowest BCUT2D eigenvalue weighted by molar-refractivity contribution is -0.151. The minimum absolute atomic E-state index is 0.0884. The van der Waals surface area contributed by atoms with E-state index in [0.717, 1.165) is 12.8 Å². The second-order valence-corrected chi connectivity index (χ2v) is 9.51. The lowest BCUT2D eigenvalue weighted by atomic mass is 9.79. The summed E-state index contributed by atoms with van der Waals surface area (Å²) in [7, 11) is 2.09. The molecule has 1 saturated heterocycles. The van der Waals surface area contributed by atoms with Gasteiger partial charge in [0.25, 0.3) is 0 Å². The highest BCUT2D eigenvalue weighted by Crippen LogP contribution is 2.38. The van der Waals surface area contributed by atoms with Crippen LogP contribution in [0.3, 0.4) is 0 Å². The summed E-state index contributed by atoms with van der Waals surface area (Å²) in [5.41, 5.74) is -0.177. The van der Waals surface area contributed by atoms with Crippen LogP contribution in [0.25, 0.3) is 0 Å². The van der Waals surface area contributed by atoms with Crippen molar-refractivity contribution in [2.75, 3.05) is 7.05 Å². The molecule has 0 spiro atoms. The summed E-state index contributed by atoms with van der Waals surface area (Å²) in [6.07, 6.45) is 6.21. The molecule has 0 amide bonds. The van der Waals surface area contributed by atoms with Gasteiger partial charge in [-0.25, -0.2) is 4.79 Å². The van der Waals surface area contributed by atoms with E-state index in [1.54, 1.807) is 0 Å². The van der Waals surface area contributed by atoms with Gasteiger partial charge >= 0.3 is 5.97 Å². The van der Waals surface area contributed by atoms with Crippen molar-refractivity contribution in [1.82, 2.24) is 4.90 Å². The van der Waals surface area contributed by atoms with Crippen molar-refractivity contribution in [1.29, 1.82) is 0 Å². The van der Waals surface area contributed by atoms with Gasteiger partial charge < -0.3 is 4.74 Å². The molecule has 0 aromatic rings. The van der Waals surface area contributed by atoms with Crippen LogP contribution in [-0.2, 0) is 9.53 Å². The SMILES string of the molecule is C#CC#CC#CC#CC#CC#CC#CC#CC#CC#CC#CC#CC#CC#CC#CC#CC(=O)OC1CC(C)(C)N(C)C(C)(C)C1. The van der Waals surface area contributed by atoms with E-state index in [1.165, 1.54) is 0 Å². The predicted octanol–water partition coefficient (Wildman–Crippen LogP) is 1.87. The van der Waals surface area contributed by atoms with Crippen LogP contribution >= 0.6 is 0 Å². The molecule has 46 heavy (non-hydrogen) atoms. The molecule has 3 heteroatoms. The molecule has 0 bridgehead atoms. The van der Waals surface area contributed by atoms with Crippen molar-refractivity contribution in [3.8, 4) is 190 Å². The summed E-state index contributed by atoms with van der Waals surface area (Å²) in [6, 6.07) is 0. The van der Waals surface area contributed by atoms with E-state index in [1.807, 2.05) is 0 Å². The molecule has 210 valence electrons. The third-order valence-corrected chi connectivity index (χ3v) is 5.53. The van der Waals surface area contributed by atoms with Gasteiger partial charge in [0.2, 0.25) is 0 Å². The van der Waals surface area contributed by atoms with Crippen LogP contribution in [0.4, 0.5) is 0 Å². The van der Waals surface area contributed by atoms with Gasteiger partial charge in [0.1, 0.15) is 6.10 Å². The van der Waals surface area contributed by atoms with E-state index >= 15 is 0 Å². The Labute approximate surface area is 274 Å². The van der Waals surface area contributed by atoms with Crippen LogP contribution in [0.1, 0.15) is 40.5 Å². The van der Waals surface area contributed by atoms with Crippen LogP contribution in [-0.4, -0.2) is 35.1 Å². The maximum Gasteiger partial charge on any atom is 0.385 e. The number of rotatable bonds is 1. The molecule has 0 unspecified atom stereocenters.